The first-order valence-electron chi connectivity index (χ1n) is 9.35. The van der Waals surface area contributed by atoms with Crippen molar-refractivity contribution in [2.75, 3.05) is 18.0 Å². The zero-order valence-electron chi connectivity index (χ0n) is 15.9. The molecule has 154 valence electrons. The predicted molar refractivity (Wildman–Crippen MR) is 110 cm³/mol. The van der Waals surface area contributed by atoms with Gasteiger partial charge in [0.2, 0.25) is 0 Å². The van der Waals surface area contributed by atoms with E-state index < -0.39 is 11.7 Å². The van der Waals surface area contributed by atoms with Crippen molar-refractivity contribution in [2.24, 2.45) is 0 Å². The molecule has 6 rings (SSSR count). The fourth-order valence-corrected chi connectivity index (χ4v) is 5.50. The molecule has 2 N–H and O–H groups in total. The Morgan fingerprint density at radius 2 is 2.00 bits per heavy atom. The molecule has 0 spiro atoms. The third-order valence-corrected chi connectivity index (χ3v) is 7.26. The van der Waals surface area contributed by atoms with Gasteiger partial charge in [-0.05, 0) is 32.4 Å². The predicted octanol–water partition coefficient (Wildman–Crippen LogP) is 3.71. The van der Waals surface area contributed by atoms with Crippen molar-refractivity contribution in [3.8, 4) is 16.3 Å². The van der Waals surface area contributed by atoms with Gasteiger partial charge < -0.3 is 20.1 Å². The largest absolute Gasteiger partial charge is 0.428 e. The van der Waals surface area contributed by atoms with E-state index in [1.807, 2.05) is 5.38 Å². The molecule has 3 aliphatic rings. The SMILES string of the molecule is CC(C)(O)C(F)(F)Oc1ccc(-c2nccs2)c2sc(N3CC4CC(C3)N4)nc12. The molecule has 2 atom stereocenters. The molecule has 3 aliphatic heterocycles. The standard InChI is InChI=1S/C19H20F2N4O2S2/c1-18(2,26)19(20,21)27-13-4-3-12(16-22-5-6-28-16)15-14(13)24-17(29-15)25-8-10-7-11(9-25)23-10/h3-6,10-11,23,26H,7-9H2,1-2H3. The summed E-state index contributed by atoms with van der Waals surface area (Å²) in [5.74, 6) is -0.0461. The van der Waals surface area contributed by atoms with Crippen molar-refractivity contribution in [3.63, 3.8) is 0 Å². The van der Waals surface area contributed by atoms with Gasteiger partial charge in [0.1, 0.15) is 10.5 Å². The van der Waals surface area contributed by atoms with E-state index in [4.69, 9.17) is 4.74 Å². The number of anilines is 1. The van der Waals surface area contributed by atoms with E-state index in [1.165, 1.54) is 28.7 Å². The van der Waals surface area contributed by atoms with E-state index >= 15 is 0 Å². The van der Waals surface area contributed by atoms with Crippen LogP contribution in [-0.2, 0) is 0 Å². The first kappa shape index (κ1) is 19.1. The number of thiazole rings is 2. The van der Waals surface area contributed by atoms with Gasteiger partial charge in [0.15, 0.2) is 16.5 Å². The van der Waals surface area contributed by atoms with Crippen LogP contribution in [0.25, 0.3) is 20.8 Å². The summed E-state index contributed by atoms with van der Waals surface area (Å²) >= 11 is 2.95. The van der Waals surface area contributed by atoms with Crippen LogP contribution in [0.2, 0.25) is 0 Å². The highest BCUT2D eigenvalue weighted by Gasteiger charge is 2.49. The molecule has 3 saturated heterocycles. The fourth-order valence-electron chi connectivity index (χ4n) is 3.65. The van der Waals surface area contributed by atoms with Crippen molar-refractivity contribution in [1.29, 1.82) is 0 Å². The molecule has 3 aromatic rings. The topological polar surface area (TPSA) is 70.5 Å². The van der Waals surface area contributed by atoms with Gasteiger partial charge in [-0.2, -0.15) is 8.78 Å². The van der Waals surface area contributed by atoms with Crippen molar-refractivity contribution in [1.82, 2.24) is 15.3 Å². The van der Waals surface area contributed by atoms with Gasteiger partial charge >= 0.3 is 6.11 Å². The monoisotopic (exact) mass is 438 g/mol. The van der Waals surface area contributed by atoms with E-state index in [0.29, 0.717) is 17.6 Å². The molecule has 2 aromatic heterocycles. The molecule has 10 heteroatoms. The van der Waals surface area contributed by atoms with Crippen molar-refractivity contribution in [3.05, 3.63) is 23.7 Å². The van der Waals surface area contributed by atoms with Crippen LogP contribution in [0.15, 0.2) is 23.7 Å². The number of fused-ring (bicyclic) bond motifs is 3. The molecule has 0 saturated carbocycles. The van der Waals surface area contributed by atoms with Gasteiger partial charge in [-0.1, -0.05) is 11.3 Å². The summed E-state index contributed by atoms with van der Waals surface area (Å²) in [6.07, 6.45) is -0.883. The maximum atomic E-state index is 14.4. The van der Waals surface area contributed by atoms with Crippen LogP contribution < -0.4 is 15.0 Å². The Bertz CT molecular complexity index is 1030. The summed E-state index contributed by atoms with van der Waals surface area (Å²) < 4.78 is 34.6. The molecule has 29 heavy (non-hydrogen) atoms. The van der Waals surface area contributed by atoms with E-state index in [0.717, 1.165) is 53.8 Å². The smallest absolute Gasteiger partial charge is 0.426 e. The first-order chi connectivity index (χ1) is 13.7. The number of aromatic nitrogens is 2. The summed E-state index contributed by atoms with van der Waals surface area (Å²) in [6.45, 7) is 3.74. The molecule has 5 heterocycles. The third-order valence-electron chi connectivity index (χ3n) is 5.30. The van der Waals surface area contributed by atoms with E-state index in [1.54, 1.807) is 12.3 Å². The van der Waals surface area contributed by atoms with Crippen LogP contribution in [0.4, 0.5) is 13.9 Å². The highest BCUT2D eigenvalue weighted by molar-refractivity contribution is 7.23. The van der Waals surface area contributed by atoms with Gasteiger partial charge in [-0.3, -0.25) is 0 Å². The van der Waals surface area contributed by atoms with E-state index in [2.05, 4.69) is 20.2 Å². The maximum Gasteiger partial charge on any atom is 0.426 e. The number of hydrogen-bond acceptors (Lipinski definition) is 8. The number of nitrogens with one attached hydrogen (secondary N) is 1. The third kappa shape index (κ3) is 3.27. The second-order valence-electron chi connectivity index (χ2n) is 8.00. The minimum absolute atomic E-state index is 0.0461. The summed E-state index contributed by atoms with van der Waals surface area (Å²) in [5.41, 5.74) is -1.11. The molecule has 0 radical (unpaired) electrons. The average molecular weight is 439 g/mol. The number of nitrogens with zero attached hydrogens (tertiary/aromatic N) is 3. The highest BCUT2D eigenvalue weighted by atomic mass is 32.1. The molecule has 6 nitrogen and oxygen atoms in total. The van der Waals surface area contributed by atoms with E-state index in [-0.39, 0.29) is 5.75 Å². The number of rotatable bonds is 5. The lowest BCUT2D eigenvalue weighted by Gasteiger charge is -2.48. The molecular weight excluding hydrogens is 418 g/mol. The Labute approximate surface area is 174 Å². The molecule has 2 unspecified atom stereocenters. The van der Waals surface area contributed by atoms with Crippen LogP contribution in [0, 0.1) is 0 Å². The Hall–Kier alpha value is -1.88. The van der Waals surface area contributed by atoms with Gasteiger partial charge in [0.05, 0.1) is 4.70 Å². The van der Waals surface area contributed by atoms with Crippen molar-refractivity contribution < 1.29 is 18.6 Å². The number of hydrogen-bond donors (Lipinski definition) is 2. The van der Waals surface area contributed by atoms with Crippen LogP contribution in [-0.4, -0.2) is 52.0 Å². The minimum atomic E-state index is -3.76. The van der Waals surface area contributed by atoms with E-state index in [9.17, 15) is 13.9 Å². The van der Waals surface area contributed by atoms with Gasteiger partial charge in [0, 0.05) is 42.3 Å². The second-order valence-corrected chi connectivity index (χ2v) is 9.87. The molecule has 0 aliphatic carbocycles. The summed E-state index contributed by atoms with van der Waals surface area (Å²) in [5, 5.41) is 16.8. The number of benzene rings is 1. The molecule has 3 fully saturated rings. The maximum absolute atomic E-state index is 14.4. The summed E-state index contributed by atoms with van der Waals surface area (Å²) in [7, 11) is 0. The number of halogens is 2. The van der Waals surface area contributed by atoms with Crippen LogP contribution in [0.5, 0.6) is 5.75 Å². The van der Waals surface area contributed by atoms with Crippen LogP contribution in [0.1, 0.15) is 20.3 Å². The molecule has 1 aromatic carbocycles. The van der Waals surface area contributed by atoms with Gasteiger partial charge in [-0.15, -0.1) is 11.3 Å². The lowest BCUT2D eigenvalue weighted by molar-refractivity contribution is -0.275. The zero-order chi connectivity index (χ0) is 20.4. The first-order valence-corrected chi connectivity index (χ1v) is 11.0. The summed E-state index contributed by atoms with van der Waals surface area (Å²) in [6, 6.07) is 4.12. The number of alkyl halides is 2. The Morgan fingerprint density at radius 3 is 2.62 bits per heavy atom. The van der Waals surface area contributed by atoms with Gasteiger partial charge in [0.25, 0.3) is 0 Å². The highest BCUT2D eigenvalue weighted by Crippen LogP contribution is 2.44. The Kier molecular flexibility index (Phi) is 4.32. The minimum Gasteiger partial charge on any atom is -0.428 e. The zero-order valence-corrected chi connectivity index (χ0v) is 17.5. The van der Waals surface area contributed by atoms with Gasteiger partial charge in [-0.25, -0.2) is 9.97 Å². The van der Waals surface area contributed by atoms with Crippen molar-refractivity contribution >= 4 is 38.0 Å². The lowest BCUT2D eigenvalue weighted by Crippen LogP contribution is -2.67. The lowest BCUT2D eigenvalue weighted by atomic mass is 9.92. The number of piperidine rings is 1. The van der Waals surface area contributed by atoms with Crippen LogP contribution in [0.3, 0.4) is 0 Å². The molecule has 0 amide bonds. The number of ether oxygens (including phenoxy) is 1. The quantitative estimate of drug-likeness (QED) is 0.633. The fraction of sp³-hybridized carbons (Fsp3) is 0.474. The number of piperazine rings is 1. The summed E-state index contributed by atoms with van der Waals surface area (Å²) in [4.78, 5) is 11.2. The normalized spacial score (nSPS) is 22.0. The molecule has 2 bridgehead atoms. The Balaban J connectivity index is 1.60. The van der Waals surface area contributed by atoms with Crippen molar-refractivity contribution in [2.45, 2.75) is 44.1 Å². The second kappa shape index (κ2) is 6.56. The average Bonchev–Trinajstić information content (AvgIpc) is 3.30. The number of aliphatic hydroxyl groups is 1. The Morgan fingerprint density at radius 1 is 1.28 bits per heavy atom. The van der Waals surface area contributed by atoms with Crippen LogP contribution >= 0.6 is 22.7 Å². The molecular formula is C19H20F2N4O2S2.